The van der Waals surface area contributed by atoms with Gasteiger partial charge in [-0.25, -0.2) is 0 Å². The molecule has 2 heteroatoms. The van der Waals surface area contributed by atoms with E-state index in [0.717, 1.165) is 26.1 Å². The quantitative estimate of drug-likeness (QED) is 0.637. The zero-order valence-corrected chi connectivity index (χ0v) is 15.2. The molecule has 0 saturated heterocycles. The first-order valence-electron chi connectivity index (χ1n) is 9.26. The summed E-state index contributed by atoms with van der Waals surface area (Å²) in [5.74, 6) is 0. The average molecular weight is 340 g/mol. The van der Waals surface area contributed by atoms with Crippen LogP contribution < -0.4 is 0 Å². The van der Waals surface area contributed by atoms with Gasteiger partial charge in [-0.3, -0.25) is 9.88 Å². The third-order valence-electron chi connectivity index (χ3n) is 5.09. The highest BCUT2D eigenvalue weighted by molar-refractivity contribution is 5.69. The fourth-order valence-corrected chi connectivity index (χ4v) is 3.65. The molecule has 0 spiro atoms. The maximum atomic E-state index is 4.46. The van der Waals surface area contributed by atoms with E-state index < -0.39 is 0 Å². The van der Waals surface area contributed by atoms with Crippen molar-refractivity contribution in [2.24, 2.45) is 0 Å². The zero-order valence-electron chi connectivity index (χ0n) is 15.2. The van der Waals surface area contributed by atoms with Gasteiger partial charge in [0, 0.05) is 37.6 Å². The van der Waals surface area contributed by atoms with E-state index in [-0.39, 0.29) is 0 Å². The Kier molecular flexibility index (Phi) is 4.94. The Morgan fingerprint density at radius 1 is 0.923 bits per heavy atom. The second-order valence-corrected chi connectivity index (χ2v) is 6.98. The molecule has 0 N–H and O–H groups in total. The second kappa shape index (κ2) is 7.67. The summed E-state index contributed by atoms with van der Waals surface area (Å²) < 4.78 is 0. The minimum Gasteiger partial charge on any atom is -0.295 e. The highest BCUT2D eigenvalue weighted by atomic mass is 15.1. The van der Waals surface area contributed by atoms with E-state index in [1.165, 1.54) is 33.4 Å². The molecule has 0 saturated carbocycles. The molecule has 0 radical (unpaired) electrons. The summed E-state index contributed by atoms with van der Waals surface area (Å²) >= 11 is 0. The summed E-state index contributed by atoms with van der Waals surface area (Å²) in [6, 6.07) is 21.4. The Bertz CT molecular complexity index is 912. The van der Waals surface area contributed by atoms with Crippen LogP contribution in [-0.4, -0.2) is 23.0 Å². The van der Waals surface area contributed by atoms with Gasteiger partial charge in [-0.05, 0) is 47.2 Å². The first kappa shape index (κ1) is 16.7. The number of hydrogen-bond donors (Lipinski definition) is 0. The standard InChI is InChI=1S/C24H24N2/c1-19-7-5-6-10-24(19)22-11-13-26(14-12-22)18-20-15-23(17-25-16-20)21-8-3-2-4-9-21/h2-11,15-17H,12-14,18H2,1H3. The minimum atomic E-state index is 0.950. The number of rotatable bonds is 4. The van der Waals surface area contributed by atoms with Crippen molar-refractivity contribution in [1.82, 2.24) is 9.88 Å². The molecule has 3 aromatic rings. The Labute approximate surface area is 155 Å². The van der Waals surface area contributed by atoms with E-state index in [9.17, 15) is 0 Å². The van der Waals surface area contributed by atoms with E-state index in [4.69, 9.17) is 0 Å². The lowest BCUT2D eigenvalue weighted by atomic mass is 9.95. The van der Waals surface area contributed by atoms with Crippen molar-refractivity contribution < 1.29 is 0 Å². The van der Waals surface area contributed by atoms with Gasteiger partial charge in [-0.15, -0.1) is 0 Å². The maximum Gasteiger partial charge on any atom is 0.0346 e. The highest BCUT2D eigenvalue weighted by Gasteiger charge is 2.14. The summed E-state index contributed by atoms with van der Waals surface area (Å²) in [6.07, 6.45) is 7.44. The molecule has 1 aromatic heterocycles. The Balaban J connectivity index is 1.46. The molecule has 1 aliphatic heterocycles. The third kappa shape index (κ3) is 3.76. The first-order chi connectivity index (χ1) is 12.8. The topological polar surface area (TPSA) is 16.1 Å². The lowest BCUT2D eigenvalue weighted by molar-refractivity contribution is 0.293. The molecule has 1 aliphatic rings. The van der Waals surface area contributed by atoms with Gasteiger partial charge >= 0.3 is 0 Å². The Morgan fingerprint density at radius 3 is 2.50 bits per heavy atom. The lowest BCUT2D eigenvalue weighted by Gasteiger charge is -2.27. The summed E-state index contributed by atoms with van der Waals surface area (Å²) in [4.78, 5) is 6.95. The van der Waals surface area contributed by atoms with E-state index in [0.29, 0.717) is 0 Å². The fourth-order valence-electron chi connectivity index (χ4n) is 3.65. The molecule has 2 heterocycles. The van der Waals surface area contributed by atoms with Crippen molar-refractivity contribution in [3.63, 3.8) is 0 Å². The van der Waals surface area contributed by atoms with Crippen molar-refractivity contribution in [2.75, 3.05) is 13.1 Å². The molecule has 2 nitrogen and oxygen atoms in total. The maximum absolute atomic E-state index is 4.46. The van der Waals surface area contributed by atoms with Crippen molar-refractivity contribution in [2.45, 2.75) is 19.9 Å². The largest absolute Gasteiger partial charge is 0.295 e. The van der Waals surface area contributed by atoms with Crippen LogP contribution in [0.1, 0.15) is 23.1 Å². The molecule has 0 bridgehead atoms. The van der Waals surface area contributed by atoms with Crippen LogP contribution in [0.25, 0.3) is 16.7 Å². The monoisotopic (exact) mass is 340 g/mol. The van der Waals surface area contributed by atoms with Crippen LogP contribution in [0.3, 0.4) is 0 Å². The Morgan fingerprint density at radius 2 is 1.73 bits per heavy atom. The molecule has 130 valence electrons. The zero-order chi connectivity index (χ0) is 17.8. The molecule has 0 atom stereocenters. The summed E-state index contributed by atoms with van der Waals surface area (Å²) in [6.45, 7) is 5.24. The second-order valence-electron chi connectivity index (χ2n) is 6.98. The van der Waals surface area contributed by atoms with E-state index in [1.807, 2.05) is 18.5 Å². The minimum absolute atomic E-state index is 0.950. The predicted molar refractivity (Wildman–Crippen MR) is 109 cm³/mol. The molecule has 26 heavy (non-hydrogen) atoms. The van der Waals surface area contributed by atoms with Gasteiger partial charge in [-0.2, -0.15) is 0 Å². The van der Waals surface area contributed by atoms with Gasteiger partial charge in [0.25, 0.3) is 0 Å². The molecule has 0 fully saturated rings. The van der Waals surface area contributed by atoms with Gasteiger partial charge in [0.2, 0.25) is 0 Å². The van der Waals surface area contributed by atoms with E-state index in [2.05, 4.69) is 77.5 Å². The molecule has 2 aromatic carbocycles. The van der Waals surface area contributed by atoms with E-state index >= 15 is 0 Å². The van der Waals surface area contributed by atoms with Gasteiger partial charge in [-0.1, -0.05) is 60.7 Å². The first-order valence-corrected chi connectivity index (χ1v) is 9.26. The van der Waals surface area contributed by atoms with Crippen molar-refractivity contribution in [1.29, 1.82) is 0 Å². The van der Waals surface area contributed by atoms with Gasteiger partial charge in [0.1, 0.15) is 0 Å². The number of nitrogens with zero attached hydrogens (tertiary/aromatic N) is 2. The Hall–Kier alpha value is -2.71. The summed E-state index contributed by atoms with van der Waals surface area (Å²) in [5.41, 5.74) is 7.94. The third-order valence-corrected chi connectivity index (χ3v) is 5.09. The van der Waals surface area contributed by atoms with Crippen LogP contribution in [0.4, 0.5) is 0 Å². The summed E-state index contributed by atoms with van der Waals surface area (Å²) in [7, 11) is 0. The van der Waals surface area contributed by atoms with Crippen LogP contribution in [0, 0.1) is 6.92 Å². The summed E-state index contributed by atoms with van der Waals surface area (Å²) in [5, 5.41) is 0. The van der Waals surface area contributed by atoms with Gasteiger partial charge in [0.15, 0.2) is 0 Å². The smallest absolute Gasteiger partial charge is 0.0346 e. The SMILES string of the molecule is Cc1ccccc1C1=CCN(Cc2cncc(-c3ccccc3)c2)CC1. The number of aryl methyl sites for hydroxylation is 1. The van der Waals surface area contributed by atoms with Crippen molar-refractivity contribution in [3.05, 3.63) is 95.8 Å². The highest BCUT2D eigenvalue weighted by Crippen LogP contribution is 2.26. The molecule has 0 amide bonds. The molecule has 4 rings (SSSR count). The van der Waals surface area contributed by atoms with Crippen molar-refractivity contribution in [3.8, 4) is 11.1 Å². The number of benzene rings is 2. The molecular formula is C24H24N2. The van der Waals surface area contributed by atoms with Crippen LogP contribution in [-0.2, 0) is 6.54 Å². The van der Waals surface area contributed by atoms with Crippen molar-refractivity contribution >= 4 is 5.57 Å². The molecule has 0 unspecified atom stereocenters. The number of aromatic nitrogens is 1. The van der Waals surface area contributed by atoms with Crippen LogP contribution >= 0.6 is 0 Å². The van der Waals surface area contributed by atoms with Gasteiger partial charge in [0.05, 0.1) is 0 Å². The van der Waals surface area contributed by atoms with Crippen LogP contribution in [0.15, 0.2) is 79.1 Å². The van der Waals surface area contributed by atoms with Gasteiger partial charge < -0.3 is 0 Å². The van der Waals surface area contributed by atoms with Crippen LogP contribution in [0.5, 0.6) is 0 Å². The number of hydrogen-bond acceptors (Lipinski definition) is 2. The van der Waals surface area contributed by atoms with Crippen LogP contribution in [0.2, 0.25) is 0 Å². The fraction of sp³-hybridized carbons (Fsp3) is 0.208. The molecular weight excluding hydrogens is 316 g/mol. The number of pyridine rings is 1. The average Bonchev–Trinajstić information content (AvgIpc) is 2.70. The van der Waals surface area contributed by atoms with E-state index in [1.54, 1.807) is 0 Å². The lowest BCUT2D eigenvalue weighted by Crippen LogP contribution is -2.28. The predicted octanol–water partition coefficient (Wildman–Crippen LogP) is 5.35. The molecule has 0 aliphatic carbocycles. The normalized spacial score (nSPS) is 14.9.